The number of carbonyl (C=O) groups is 1. The minimum Gasteiger partial charge on any atom is -0.490 e. The summed E-state index contributed by atoms with van der Waals surface area (Å²) in [6.07, 6.45) is 3.25. The van der Waals surface area contributed by atoms with Crippen LogP contribution in [0.2, 0.25) is 5.02 Å². The standard InChI is InChI=1S/C18H28ClN3O3/c1-21(2)13-15-6-4-5-9-22(15)18(23)20-14-7-8-17(16(19)12-14)25-11-10-24-3/h7-8,12,15H,4-6,9-11,13H2,1-3H3,(H,20,23). The molecule has 7 heteroatoms. The number of benzene rings is 1. The summed E-state index contributed by atoms with van der Waals surface area (Å²) in [6.45, 7) is 2.59. The Morgan fingerprint density at radius 2 is 2.16 bits per heavy atom. The molecule has 1 heterocycles. The highest BCUT2D eigenvalue weighted by Crippen LogP contribution is 2.28. The van der Waals surface area contributed by atoms with Crippen molar-refractivity contribution in [2.45, 2.75) is 25.3 Å². The Bertz CT molecular complexity index is 568. The first-order chi connectivity index (χ1) is 12.0. The predicted octanol–water partition coefficient (Wildman–Crippen LogP) is 3.31. The van der Waals surface area contributed by atoms with Crippen molar-refractivity contribution in [3.05, 3.63) is 23.2 Å². The van der Waals surface area contributed by atoms with Crippen LogP contribution in [0.25, 0.3) is 0 Å². The van der Waals surface area contributed by atoms with E-state index in [1.807, 2.05) is 19.0 Å². The lowest BCUT2D eigenvalue weighted by Crippen LogP contribution is -2.49. The molecule has 1 aliphatic heterocycles. The van der Waals surface area contributed by atoms with E-state index in [2.05, 4.69) is 10.2 Å². The number of amides is 2. The molecule has 1 fully saturated rings. The molecule has 1 aromatic carbocycles. The van der Waals surface area contributed by atoms with Gasteiger partial charge in [0.15, 0.2) is 0 Å². The molecule has 140 valence electrons. The Morgan fingerprint density at radius 3 is 2.84 bits per heavy atom. The monoisotopic (exact) mass is 369 g/mol. The van der Waals surface area contributed by atoms with Gasteiger partial charge >= 0.3 is 6.03 Å². The molecule has 1 saturated heterocycles. The molecule has 0 spiro atoms. The van der Waals surface area contributed by atoms with Crippen molar-refractivity contribution in [3.63, 3.8) is 0 Å². The van der Waals surface area contributed by atoms with Gasteiger partial charge in [-0.2, -0.15) is 0 Å². The first-order valence-corrected chi connectivity index (χ1v) is 9.02. The van der Waals surface area contributed by atoms with Gasteiger partial charge in [-0.3, -0.25) is 0 Å². The number of urea groups is 1. The summed E-state index contributed by atoms with van der Waals surface area (Å²) in [5, 5.41) is 3.42. The average Bonchev–Trinajstić information content (AvgIpc) is 2.57. The van der Waals surface area contributed by atoms with Crippen LogP contribution in [0.5, 0.6) is 5.75 Å². The summed E-state index contributed by atoms with van der Waals surface area (Å²) in [4.78, 5) is 16.7. The second kappa shape index (κ2) is 9.85. The number of likely N-dealkylation sites (tertiary alicyclic amines) is 1. The van der Waals surface area contributed by atoms with Crippen molar-refractivity contribution < 1.29 is 14.3 Å². The van der Waals surface area contributed by atoms with Crippen molar-refractivity contribution in [3.8, 4) is 5.75 Å². The van der Waals surface area contributed by atoms with Crippen LogP contribution in [0.1, 0.15) is 19.3 Å². The highest BCUT2D eigenvalue weighted by molar-refractivity contribution is 6.32. The maximum Gasteiger partial charge on any atom is 0.322 e. The predicted molar refractivity (Wildman–Crippen MR) is 101 cm³/mol. The van der Waals surface area contributed by atoms with Gasteiger partial charge in [0.1, 0.15) is 12.4 Å². The summed E-state index contributed by atoms with van der Waals surface area (Å²) in [5.74, 6) is 0.583. The van der Waals surface area contributed by atoms with Gasteiger partial charge in [-0.05, 0) is 51.6 Å². The number of hydrogen-bond acceptors (Lipinski definition) is 4. The van der Waals surface area contributed by atoms with Crippen LogP contribution in [-0.2, 0) is 4.74 Å². The van der Waals surface area contributed by atoms with E-state index in [4.69, 9.17) is 21.1 Å². The number of likely N-dealkylation sites (N-methyl/N-ethyl adjacent to an activating group) is 1. The van der Waals surface area contributed by atoms with Gasteiger partial charge in [0.25, 0.3) is 0 Å². The molecule has 1 aliphatic rings. The van der Waals surface area contributed by atoms with Gasteiger partial charge in [0.2, 0.25) is 0 Å². The van der Waals surface area contributed by atoms with Crippen molar-refractivity contribution in [2.24, 2.45) is 0 Å². The normalized spacial score (nSPS) is 17.6. The van der Waals surface area contributed by atoms with E-state index in [0.29, 0.717) is 29.7 Å². The van der Waals surface area contributed by atoms with Crippen molar-refractivity contribution in [1.29, 1.82) is 0 Å². The Balaban J connectivity index is 1.97. The maximum atomic E-state index is 12.7. The van der Waals surface area contributed by atoms with Gasteiger partial charge in [-0.1, -0.05) is 11.6 Å². The molecule has 0 radical (unpaired) electrons. The largest absolute Gasteiger partial charge is 0.490 e. The Labute approximate surface area is 155 Å². The molecule has 0 saturated carbocycles. The van der Waals surface area contributed by atoms with Crippen LogP contribution < -0.4 is 10.1 Å². The Kier molecular flexibility index (Phi) is 7.81. The molecular weight excluding hydrogens is 342 g/mol. The Morgan fingerprint density at radius 1 is 1.36 bits per heavy atom. The third kappa shape index (κ3) is 6.06. The fraction of sp³-hybridized carbons (Fsp3) is 0.611. The summed E-state index contributed by atoms with van der Waals surface area (Å²) in [6, 6.07) is 5.45. The van der Waals surface area contributed by atoms with Gasteiger partial charge < -0.3 is 24.6 Å². The quantitative estimate of drug-likeness (QED) is 0.749. The molecular formula is C18H28ClN3O3. The van der Waals surface area contributed by atoms with E-state index in [1.54, 1.807) is 25.3 Å². The number of nitrogens with zero attached hydrogens (tertiary/aromatic N) is 2. The molecule has 1 N–H and O–H groups in total. The van der Waals surface area contributed by atoms with Crippen LogP contribution >= 0.6 is 11.6 Å². The van der Waals surface area contributed by atoms with E-state index in [-0.39, 0.29) is 12.1 Å². The first-order valence-electron chi connectivity index (χ1n) is 8.65. The molecule has 25 heavy (non-hydrogen) atoms. The molecule has 6 nitrogen and oxygen atoms in total. The lowest BCUT2D eigenvalue weighted by molar-refractivity contribution is 0.143. The highest BCUT2D eigenvalue weighted by Gasteiger charge is 2.27. The lowest BCUT2D eigenvalue weighted by atomic mass is 10.0. The lowest BCUT2D eigenvalue weighted by Gasteiger charge is -2.37. The van der Waals surface area contributed by atoms with E-state index < -0.39 is 0 Å². The zero-order valence-electron chi connectivity index (χ0n) is 15.3. The van der Waals surface area contributed by atoms with Gasteiger partial charge in [0, 0.05) is 31.9 Å². The molecule has 0 aromatic heterocycles. The Hall–Kier alpha value is -1.50. The molecule has 1 atom stereocenters. The fourth-order valence-corrected chi connectivity index (χ4v) is 3.24. The van der Waals surface area contributed by atoms with Crippen LogP contribution in [-0.4, -0.2) is 69.4 Å². The first kappa shape index (κ1) is 19.8. The molecule has 2 rings (SSSR count). The van der Waals surface area contributed by atoms with E-state index in [9.17, 15) is 4.79 Å². The van der Waals surface area contributed by atoms with Crippen LogP contribution in [0.15, 0.2) is 18.2 Å². The average molecular weight is 370 g/mol. The molecule has 2 amide bonds. The number of piperidine rings is 1. The smallest absolute Gasteiger partial charge is 0.322 e. The van der Waals surface area contributed by atoms with Gasteiger partial charge in [0.05, 0.1) is 11.6 Å². The fourth-order valence-electron chi connectivity index (χ4n) is 3.01. The minimum absolute atomic E-state index is 0.0735. The van der Waals surface area contributed by atoms with Crippen LogP contribution in [0.4, 0.5) is 10.5 Å². The van der Waals surface area contributed by atoms with E-state index in [1.165, 1.54) is 6.42 Å². The zero-order chi connectivity index (χ0) is 18.2. The van der Waals surface area contributed by atoms with Crippen LogP contribution in [0.3, 0.4) is 0 Å². The summed E-state index contributed by atoms with van der Waals surface area (Å²) >= 11 is 6.24. The second-order valence-electron chi connectivity index (χ2n) is 6.52. The number of halogens is 1. The minimum atomic E-state index is -0.0735. The SMILES string of the molecule is COCCOc1ccc(NC(=O)N2CCCCC2CN(C)C)cc1Cl. The number of hydrogen-bond donors (Lipinski definition) is 1. The summed E-state index contributed by atoms with van der Waals surface area (Å²) in [5.41, 5.74) is 0.670. The van der Waals surface area contributed by atoms with Crippen molar-refractivity contribution in [2.75, 3.05) is 52.8 Å². The molecule has 0 bridgehead atoms. The third-order valence-electron chi connectivity index (χ3n) is 4.19. The van der Waals surface area contributed by atoms with Crippen LogP contribution in [0, 0.1) is 0 Å². The third-order valence-corrected chi connectivity index (χ3v) is 4.49. The number of nitrogens with one attached hydrogen (secondary N) is 1. The number of carbonyl (C=O) groups excluding carboxylic acids is 1. The molecule has 1 unspecified atom stereocenters. The number of methoxy groups -OCH3 is 1. The van der Waals surface area contributed by atoms with Crippen molar-refractivity contribution in [1.82, 2.24) is 9.80 Å². The van der Waals surface area contributed by atoms with Crippen molar-refractivity contribution >= 4 is 23.3 Å². The topological polar surface area (TPSA) is 54.0 Å². The second-order valence-corrected chi connectivity index (χ2v) is 6.93. The number of anilines is 1. The highest BCUT2D eigenvalue weighted by atomic mass is 35.5. The van der Waals surface area contributed by atoms with Gasteiger partial charge in [-0.25, -0.2) is 4.79 Å². The zero-order valence-corrected chi connectivity index (χ0v) is 16.0. The summed E-state index contributed by atoms with van der Waals surface area (Å²) in [7, 11) is 5.69. The maximum absolute atomic E-state index is 12.7. The summed E-state index contributed by atoms with van der Waals surface area (Å²) < 4.78 is 10.5. The number of ether oxygens (including phenoxy) is 2. The van der Waals surface area contributed by atoms with E-state index in [0.717, 1.165) is 25.9 Å². The molecule has 1 aromatic rings. The molecule has 0 aliphatic carbocycles. The van der Waals surface area contributed by atoms with E-state index >= 15 is 0 Å². The van der Waals surface area contributed by atoms with Gasteiger partial charge in [-0.15, -0.1) is 0 Å². The number of rotatable bonds is 7.